The van der Waals surface area contributed by atoms with Gasteiger partial charge in [-0.25, -0.2) is 0 Å². The third kappa shape index (κ3) is 5.02. The monoisotopic (exact) mass is 424 g/mol. The molecule has 1 atom stereocenters. The van der Waals surface area contributed by atoms with Crippen molar-refractivity contribution >= 4 is 5.78 Å². The normalized spacial score (nSPS) is 15.9. The Hall–Kier alpha value is -3.41. The molecule has 2 aromatic carbocycles. The predicted octanol–water partition coefficient (Wildman–Crippen LogP) is 5.45. The molecule has 3 rings (SSSR count). The number of rotatable bonds is 6. The van der Waals surface area contributed by atoms with Crippen LogP contribution in [0, 0.1) is 0 Å². The number of allylic oxidation sites excluding steroid dienone is 4. The van der Waals surface area contributed by atoms with Gasteiger partial charge in [-0.2, -0.15) is 0 Å². The molecule has 31 heavy (non-hydrogen) atoms. The highest BCUT2D eigenvalue weighted by molar-refractivity contribution is 6.03. The zero-order chi connectivity index (χ0) is 22.7. The molecule has 0 aliphatic carbocycles. The van der Waals surface area contributed by atoms with Crippen molar-refractivity contribution in [2.45, 2.75) is 52.6 Å². The lowest BCUT2D eigenvalue weighted by atomic mass is 9.92. The summed E-state index contributed by atoms with van der Waals surface area (Å²) in [5, 5.41) is 40.7. The van der Waals surface area contributed by atoms with E-state index < -0.39 is 6.10 Å². The molecule has 6 nitrogen and oxygen atoms in total. The van der Waals surface area contributed by atoms with Crippen molar-refractivity contribution in [2.24, 2.45) is 0 Å². The molecule has 2 aromatic rings. The number of ether oxygens (including phenoxy) is 1. The molecular weight excluding hydrogens is 396 g/mol. The van der Waals surface area contributed by atoms with Gasteiger partial charge >= 0.3 is 0 Å². The van der Waals surface area contributed by atoms with E-state index in [2.05, 4.69) is 19.9 Å². The summed E-state index contributed by atoms with van der Waals surface area (Å²) in [7, 11) is 0. The number of carbonyl (C=O) groups is 1. The number of carbonyl (C=O) groups excluding carboxylic acids is 1. The molecule has 0 bridgehead atoms. The number of ketones is 1. The van der Waals surface area contributed by atoms with Gasteiger partial charge in [-0.05, 0) is 52.2 Å². The summed E-state index contributed by atoms with van der Waals surface area (Å²) in [5.74, 6) is -1.01. The molecule has 4 N–H and O–H groups in total. The second-order valence-corrected chi connectivity index (χ2v) is 8.15. The van der Waals surface area contributed by atoms with Gasteiger partial charge in [0.05, 0.1) is 6.42 Å². The Morgan fingerprint density at radius 3 is 2.48 bits per heavy atom. The van der Waals surface area contributed by atoms with E-state index in [1.807, 2.05) is 13.0 Å². The third-order valence-electron chi connectivity index (χ3n) is 5.37. The fourth-order valence-corrected chi connectivity index (χ4v) is 3.65. The minimum absolute atomic E-state index is 0.0397. The second-order valence-electron chi connectivity index (χ2n) is 8.15. The molecule has 1 aliphatic rings. The van der Waals surface area contributed by atoms with Crippen LogP contribution in [0.5, 0.6) is 28.7 Å². The largest absolute Gasteiger partial charge is 0.508 e. The maximum atomic E-state index is 12.8. The average molecular weight is 424 g/mol. The van der Waals surface area contributed by atoms with Gasteiger partial charge in [0.15, 0.2) is 5.78 Å². The molecular formula is C25H28O6. The molecule has 0 unspecified atom stereocenters. The molecule has 0 aromatic heterocycles. The maximum Gasteiger partial charge on any atom is 0.174 e. The molecule has 0 saturated carbocycles. The third-order valence-corrected chi connectivity index (χ3v) is 5.37. The van der Waals surface area contributed by atoms with Gasteiger partial charge in [-0.1, -0.05) is 23.3 Å². The van der Waals surface area contributed by atoms with Crippen molar-refractivity contribution < 1.29 is 30.0 Å². The van der Waals surface area contributed by atoms with Crippen LogP contribution < -0.4 is 4.74 Å². The number of benzene rings is 2. The van der Waals surface area contributed by atoms with E-state index in [0.29, 0.717) is 12.0 Å². The van der Waals surface area contributed by atoms with E-state index in [-0.39, 0.29) is 52.1 Å². The molecule has 1 heterocycles. The highest BCUT2D eigenvalue weighted by Gasteiger charge is 2.33. The van der Waals surface area contributed by atoms with Crippen LogP contribution in [0.3, 0.4) is 0 Å². The van der Waals surface area contributed by atoms with Gasteiger partial charge in [0.25, 0.3) is 0 Å². The first kappa shape index (κ1) is 22.3. The quantitative estimate of drug-likeness (QED) is 0.459. The van der Waals surface area contributed by atoms with E-state index in [0.717, 1.165) is 18.4 Å². The summed E-state index contributed by atoms with van der Waals surface area (Å²) in [6.07, 6.45) is 5.31. The topological polar surface area (TPSA) is 107 Å². The zero-order valence-electron chi connectivity index (χ0n) is 18.0. The highest BCUT2D eigenvalue weighted by atomic mass is 16.5. The number of Topliss-reactive ketones (excluding diaryl/α,β-unsaturated/α-hetero) is 1. The van der Waals surface area contributed by atoms with E-state index in [1.165, 1.54) is 29.8 Å². The molecule has 1 aliphatic heterocycles. The lowest BCUT2D eigenvalue weighted by Crippen LogP contribution is -2.21. The maximum absolute atomic E-state index is 12.8. The molecule has 0 saturated heterocycles. The number of aromatic hydroxyl groups is 4. The summed E-state index contributed by atoms with van der Waals surface area (Å²) >= 11 is 0. The Bertz CT molecular complexity index is 1060. The van der Waals surface area contributed by atoms with Crippen LogP contribution >= 0.6 is 0 Å². The second kappa shape index (κ2) is 9.16. The number of fused-ring (bicyclic) bond motifs is 1. The fourth-order valence-electron chi connectivity index (χ4n) is 3.65. The Labute approximate surface area is 181 Å². The number of hydrogen-bond acceptors (Lipinski definition) is 6. The Balaban J connectivity index is 1.85. The molecule has 0 spiro atoms. The summed E-state index contributed by atoms with van der Waals surface area (Å²) in [6.45, 7) is 6.10. The lowest BCUT2D eigenvalue weighted by molar-refractivity contribution is 0.0841. The Morgan fingerprint density at radius 1 is 1.06 bits per heavy atom. The van der Waals surface area contributed by atoms with Crippen molar-refractivity contribution in [1.82, 2.24) is 0 Å². The molecule has 164 valence electrons. The highest BCUT2D eigenvalue weighted by Crippen LogP contribution is 2.46. The average Bonchev–Trinajstić information content (AvgIpc) is 2.66. The molecule has 0 amide bonds. The smallest absolute Gasteiger partial charge is 0.174 e. The first-order chi connectivity index (χ1) is 14.7. The first-order valence-electron chi connectivity index (χ1n) is 10.3. The van der Waals surface area contributed by atoms with Gasteiger partial charge in [-0.15, -0.1) is 0 Å². The zero-order valence-corrected chi connectivity index (χ0v) is 18.0. The van der Waals surface area contributed by atoms with Crippen molar-refractivity contribution in [3.05, 3.63) is 64.3 Å². The minimum atomic E-state index is -0.789. The fraction of sp³-hybridized carbons (Fsp3) is 0.320. The van der Waals surface area contributed by atoms with Crippen LogP contribution in [0.25, 0.3) is 0 Å². The van der Waals surface area contributed by atoms with Crippen molar-refractivity contribution in [3.63, 3.8) is 0 Å². The first-order valence-corrected chi connectivity index (χ1v) is 10.3. The van der Waals surface area contributed by atoms with E-state index in [9.17, 15) is 25.2 Å². The van der Waals surface area contributed by atoms with E-state index >= 15 is 0 Å². The van der Waals surface area contributed by atoms with Crippen LogP contribution in [0.15, 0.2) is 47.6 Å². The number of phenolic OH excluding ortho intramolecular Hbond substituents is 4. The summed E-state index contributed by atoms with van der Waals surface area (Å²) < 4.78 is 5.82. The van der Waals surface area contributed by atoms with Gasteiger partial charge in [0.1, 0.15) is 40.4 Å². The molecule has 0 fully saturated rings. The van der Waals surface area contributed by atoms with Crippen LogP contribution in [-0.2, 0) is 6.42 Å². The number of hydrogen-bond donors (Lipinski definition) is 4. The van der Waals surface area contributed by atoms with Crippen molar-refractivity contribution in [2.75, 3.05) is 0 Å². The van der Waals surface area contributed by atoms with Gasteiger partial charge in [0, 0.05) is 23.3 Å². The standard InChI is InChI=1S/C25H28O6/c1-14(2)5-4-6-15(3)7-9-18-20(28)12-23-24(25(18)30)21(29)13-22(31-23)17-10-8-16(26)11-19(17)27/h5,7-8,10-12,22,26-28,30H,4,6,9,13H2,1-3H3/t22-/m0/s1. The Kier molecular flexibility index (Phi) is 6.59. The minimum Gasteiger partial charge on any atom is -0.508 e. The van der Waals surface area contributed by atoms with Crippen molar-refractivity contribution in [3.8, 4) is 28.7 Å². The van der Waals surface area contributed by atoms with Crippen LogP contribution in [0.1, 0.15) is 67.6 Å². The SMILES string of the molecule is CC(C)=CCCC(C)=CCc1c(O)cc2c(c1O)C(=O)C[C@@H](c1ccc(O)cc1O)O2. The van der Waals surface area contributed by atoms with Crippen molar-refractivity contribution in [1.29, 1.82) is 0 Å². The number of phenols is 4. The lowest BCUT2D eigenvalue weighted by Gasteiger charge is -2.27. The van der Waals surface area contributed by atoms with Crippen LogP contribution in [0.2, 0.25) is 0 Å². The Morgan fingerprint density at radius 2 is 1.81 bits per heavy atom. The summed E-state index contributed by atoms with van der Waals surface area (Å²) in [5.41, 5.74) is 3.05. The predicted molar refractivity (Wildman–Crippen MR) is 118 cm³/mol. The van der Waals surface area contributed by atoms with Gasteiger partial charge < -0.3 is 25.2 Å². The van der Waals surface area contributed by atoms with Gasteiger partial charge in [0.2, 0.25) is 0 Å². The molecule has 0 radical (unpaired) electrons. The summed E-state index contributed by atoms with van der Waals surface area (Å²) in [6, 6.07) is 5.37. The summed E-state index contributed by atoms with van der Waals surface area (Å²) in [4.78, 5) is 12.8. The van der Waals surface area contributed by atoms with E-state index in [4.69, 9.17) is 4.74 Å². The van der Waals surface area contributed by atoms with Gasteiger partial charge in [-0.3, -0.25) is 4.79 Å². The van der Waals surface area contributed by atoms with Crippen LogP contribution in [-0.4, -0.2) is 26.2 Å². The van der Waals surface area contributed by atoms with E-state index in [1.54, 1.807) is 0 Å². The van der Waals surface area contributed by atoms with Crippen LogP contribution in [0.4, 0.5) is 0 Å². The molecule has 6 heteroatoms.